The Morgan fingerprint density at radius 3 is 2.50 bits per heavy atom. The van der Waals surface area contributed by atoms with E-state index in [9.17, 15) is 18.0 Å². The molecule has 0 spiro atoms. The fraction of sp³-hybridized carbons (Fsp3) is 0.500. The molecule has 0 amide bonds. The maximum Gasteiger partial charge on any atom is 0.436 e. The van der Waals surface area contributed by atoms with Crippen LogP contribution >= 0.6 is 11.6 Å². The first-order valence-corrected chi connectivity index (χ1v) is 4.52. The predicted octanol–water partition coefficient (Wildman–Crippen LogP) is 2.04. The van der Waals surface area contributed by atoms with Crippen LogP contribution in [0.25, 0.3) is 0 Å². The normalized spacial score (nSPS) is 11.6. The molecule has 0 bridgehead atoms. The first-order chi connectivity index (χ1) is 7.27. The SMILES string of the molecule is COC(=O)Cn1nc(C(F)(F)F)c(Cl)c1C. The molecule has 0 aromatic carbocycles. The Hall–Kier alpha value is -1.24. The molecule has 1 aromatic rings. The van der Waals surface area contributed by atoms with Crippen molar-refractivity contribution >= 4 is 17.6 Å². The van der Waals surface area contributed by atoms with Crippen LogP contribution in [0.2, 0.25) is 5.02 Å². The van der Waals surface area contributed by atoms with Crippen molar-refractivity contribution in [3.05, 3.63) is 16.4 Å². The molecular weight excluding hydrogens is 249 g/mol. The van der Waals surface area contributed by atoms with Crippen LogP contribution in [0.4, 0.5) is 13.2 Å². The molecule has 0 radical (unpaired) electrons. The zero-order valence-electron chi connectivity index (χ0n) is 8.43. The summed E-state index contributed by atoms with van der Waals surface area (Å²) >= 11 is 5.47. The molecule has 1 rings (SSSR count). The van der Waals surface area contributed by atoms with E-state index in [0.717, 1.165) is 11.8 Å². The minimum absolute atomic E-state index is 0.0689. The number of esters is 1. The number of rotatable bonds is 2. The quantitative estimate of drug-likeness (QED) is 0.761. The van der Waals surface area contributed by atoms with Crippen LogP contribution in [0.5, 0.6) is 0 Å². The third-order valence-corrected chi connectivity index (χ3v) is 2.36. The van der Waals surface area contributed by atoms with E-state index >= 15 is 0 Å². The standard InChI is InChI=1S/C8H8ClF3N2O2/c1-4-6(9)7(8(10,11)12)13-14(4)3-5(15)16-2/h3H2,1-2H3. The topological polar surface area (TPSA) is 44.1 Å². The highest BCUT2D eigenvalue weighted by molar-refractivity contribution is 6.31. The summed E-state index contributed by atoms with van der Waals surface area (Å²) in [6.45, 7) is 0.936. The molecule has 0 aliphatic carbocycles. The summed E-state index contributed by atoms with van der Waals surface area (Å²) in [4.78, 5) is 10.9. The van der Waals surface area contributed by atoms with Gasteiger partial charge >= 0.3 is 12.1 Å². The second-order valence-electron chi connectivity index (χ2n) is 2.98. The maximum absolute atomic E-state index is 12.4. The van der Waals surface area contributed by atoms with Gasteiger partial charge in [0.1, 0.15) is 6.54 Å². The van der Waals surface area contributed by atoms with Gasteiger partial charge in [0, 0.05) is 0 Å². The molecular formula is C8H8ClF3N2O2. The lowest BCUT2D eigenvalue weighted by Crippen LogP contribution is -2.15. The molecule has 0 aliphatic heterocycles. The smallest absolute Gasteiger partial charge is 0.436 e. The highest BCUT2D eigenvalue weighted by atomic mass is 35.5. The van der Waals surface area contributed by atoms with Crippen molar-refractivity contribution < 1.29 is 22.7 Å². The van der Waals surface area contributed by atoms with Crippen LogP contribution < -0.4 is 0 Å². The lowest BCUT2D eigenvalue weighted by Gasteiger charge is -2.02. The van der Waals surface area contributed by atoms with E-state index in [1.54, 1.807) is 0 Å². The van der Waals surface area contributed by atoms with Crippen molar-refractivity contribution in [3.8, 4) is 0 Å². The first-order valence-electron chi connectivity index (χ1n) is 4.14. The molecule has 1 heterocycles. The van der Waals surface area contributed by atoms with Crippen LogP contribution in [0.15, 0.2) is 0 Å². The zero-order chi connectivity index (χ0) is 12.5. The van der Waals surface area contributed by atoms with E-state index in [2.05, 4.69) is 9.84 Å². The molecule has 4 nitrogen and oxygen atoms in total. The average molecular weight is 257 g/mol. The van der Waals surface area contributed by atoms with Gasteiger partial charge in [0.2, 0.25) is 0 Å². The fourth-order valence-corrected chi connectivity index (χ4v) is 1.29. The van der Waals surface area contributed by atoms with Crippen molar-refractivity contribution in [2.24, 2.45) is 0 Å². The average Bonchev–Trinajstić information content (AvgIpc) is 2.45. The molecule has 16 heavy (non-hydrogen) atoms. The van der Waals surface area contributed by atoms with Gasteiger partial charge in [-0.2, -0.15) is 18.3 Å². The number of halogens is 4. The Kier molecular flexibility index (Phi) is 3.47. The molecule has 0 fully saturated rings. The molecule has 8 heteroatoms. The number of hydrogen-bond acceptors (Lipinski definition) is 3. The minimum atomic E-state index is -4.64. The van der Waals surface area contributed by atoms with Crippen molar-refractivity contribution in [3.63, 3.8) is 0 Å². The minimum Gasteiger partial charge on any atom is -0.468 e. The van der Waals surface area contributed by atoms with Crippen molar-refractivity contribution in [1.29, 1.82) is 0 Å². The summed E-state index contributed by atoms with van der Waals surface area (Å²) in [5.41, 5.74) is -1.13. The summed E-state index contributed by atoms with van der Waals surface area (Å²) in [6.07, 6.45) is -4.64. The molecule has 0 atom stereocenters. The molecule has 1 aromatic heterocycles. The number of methoxy groups -OCH3 is 1. The lowest BCUT2D eigenvalue weighted by atomic mass is 10.3. The highest BCUT2D eigenvalue weighted by Crippen LogP contribution is 2.35. The number of carbonyl (C=O) groups excluding carboxylic acids is 1. The van der Waals surface area contributed by atoms with Gasteiger partial charge in [0.25, 0.3) is 0 Å². The molecule has 0 aliphatic rings. The molecule has 0 unspecified atom stereocenters. The van der Waals surface area contributed by atoms with Gasteiger partial charge in [-0.1, -0.05) is 11.6 Å². The van der Waals surface area contributed by atoms with Gasteiger partial charge in [0.05, 0.1) is 17.8 Å². The largest absolute Gasteiger partial charge is 0.468 e. The van der Waals surface area contributed by atoms with Crippen LogP contribution in [0, 0.1) is 6.92 Å². The number of hydrogen-bond donors (Lipinski definition) is 0. The number of aromatic nitrogens is 2. The van der Waals surface area contributed by atoms with Crippen molar-refractivity contribution in [2.45, 2.75) is 19.6 Å². The van der Waals surface area contributed by atoms with Gasteiger partial charge in [-0.25, -0.2) is 0 Å². The first kappa shape index (κ1) is 12.8. The van der Waals surface area contributed by atoms with Gasteiger partial charge in [0.15, 0.2) is 5.69 Å². The monoisotopic (exact) mass is 256 g/mol. The van der Waals surface area contributed by atoms with Crippen LogP contribution in [-0.2, 0) is 22.3 Å². The Labute approximate surface area is 93.9 Å². The van der Waals surface area contributed by atoms with Gasteiger partial charge < -0.3 is 4.74 Å². The maximum atomic E-state index is 12.4. The van der Waals surface area contributed by atoms with E-state index in [1.807, 2.05) is 0 Å². The molecule has 90 valence electrons. The number of alkyl halides is 3. The summed E-state index contributed by atoms with van der Waals surface area (Å²) in [7, 11) is 1.13. The Balaban J connectivity index is 3.10. The summed E-state index contributed by atoms with van der Waals surface area (Å²) in [6, 6.07) is 0. The van der Waals surface area contributed by atoms with E-state index < -0.39 is 29.4 Å². The number of ether oxygens (including phenoxy) is 1. The van der Waals surface area contributed by atoms with Gasteiger partial charge in [-0.05, 0) is 6.92 Å². The molecule has 0 saturated carbocycles. The Morgan fingerprint density at radius 1 is 1.56 bits per heavy atom. The third-order valence-electron chi connectivity index (χ3n) is 1.91. The number of nitrogens with zero attached hydrogens (tertiary/aromatic N) is 2. The predicted molar refractivity (Wildman–Crippen MR) is 49.0 cm³/mol. The van der Waals surface area contributed by atoms with E-state index in [-0.39, 0.29) is 5.69 Å². The molecule has 0 saturated heterocycles. The molecule has 0 N–H and O–H groups in total. The van der Waals surface area contributed by atoms with Gasteiger partial charge in [-0.15, -0.1) is 0 Å². The summed E-state index contributed by atoms with van der Waals surface area (Å²) in [5, 5.41) is 2.72. The summed E-state index contributed by atoms with van der Waals surface area (Å²) in [5.74, 6) is -0.698. The Morgan fingerprint density at radius 2 is 2.12 bits per heavy atom. The number of carbonyl (C=O) groups is 1. The van der Waals surface area contributed by atoms with Crippen LogP contribution in [0.1, 0.15) is 11.4 Å². The van der Waals surface area contributed by atoms with E-state index in [0.29, 0.717) is 0 Å². The second-order valence-corrected chi connectivity index (χ2v) is 3.36. The Bertz CT molecular complexity index is 414. The highest BCUT2D eigenvalue weighted by Gasteiger charge is 2.38. The fourth-order valence-electron chi connectivity index (χ4n) is 1.05. The second kappa shape index (κ2) is 4.32. The van der Waals surface area contributed by atoms with Gasteiger partial charge in [-0.3, -0.25) is 9.48 Å². The van der Waals surface area contributed by atoms with Crippen molar-refractivity contribution in [1.82, 2.24) is 9.78 Å². The zero-order valence-corrected chi connectivity index (χ0v) is 9.19. The summed E-state index contributed by atoms with van der Waals surface area (Å²) < 4.78 is 42.3. The van der Waals surface area contributed by atoms with Crippen molar-refractivity contribution in [2.75, 3.05) is 7.11 Å². The van der Waals surface area contributed by atoms with E-state index in [4.69, 9.17) is 11.6 Å². The lowest BCUT2D eigenvalue weighted by molar-refractivity contribution is -0.144. The third kappa shape index (κ3) is 2.46. The van der Waals surface area contributed by atoms with E-state index in [1.165, 1.54) is 6.92 Å². The van der Waals surface area contributed by atoms with Crippen LogP contribution in [0.3, 0.4) is 0 Å². The van der Waals surface area contributed by atoms with Crippen LogP contribution in [-0.4, -0.2) is 22.9 Å².